The molecule has 126 valence electrons. The van der Waals surface area contributed by atoms with Gasteiger partial charge in [0, 0.05) is 30.4 Å². The first-order valence-corrected chi connectivity index (χ1v) is 8.33. The molecule has 6 heteroatoms. The van der Waals surface area contributed by atoms with Crippen molar-refractivity contribution in [3.63, 3.8) is 0 Å². The molecule has 23 heavy (non-hydrogen) atoms. The number of carbonyl (C=O) groups excluding carboxylic acids is 2. The maximum absolute atomic E-state index is 12.1. The van der Waals surface area contributed by atoms with Crippen LogP contribution in [0.25, 0.3) is 0 Å². The quantitative estimate of drug-likeness (QED) is 0.478. The number of urea groups is 1. The van der Waals surface area contributed by atoms with Crippen molar-refractivity contribution in [1.82, 2.24) is 10.6 Å². The summed E-state index contributed by atoms with van der Waals surface area (Å²) < 4.78 is 0. The van der Waals surface area contributed by atoms with E-state index in [1.54, 1.807) is 24.3 Å². The van der Waals surface area contributed by atoms with E-state index in [0.29, 0.717) is 23.8 Å². The summed E-state index contributed by atoms with van der Waals surface area (Å²) in [5.41, 5.74) is 6.09. The smallest absolute Gasteiger partial charge is 0.316 e. The summed E-state index contributed by atoms with van der Waals surface area (Å²) in [4.78, 5) is 22.9. The lowest BCUT2D eigenvalue weighted by Gasteiger charge is -2.16. The van der Waals surface area contributed by atoms with Crippen LogP contribution in [-0.4, -0.2) is 31.1 Å². The lowest BCUT2D eigenvalue weighted by molar-refractivity contribution is 0.0953. The molecule has 3 amide bonds. The zero-order chi connectivity index (χ0) is 16.5. The topological polar surface area (TPSA) is 96.2 Å². The zero-order valence-corrected chi connectivity index (χ0v) is 13.4. The highest BCUT2D eigenvalue weighted by atomic mass is 16.2. The maximum atomic E-state index is 12.1. The Hall–Kier alpha value is -2.08. The number of hydrogen-bond donors (Lipinski definition) is 4. The molecule has 0 bridgehead atoms. The first-order chi connectivity index (χ1) is 11.1. The van der Waals surface area contributed by atoms with Gasteiger partial charge in [-0.15, -0.1) is 0 Å². The average Bonchev–Trinajstić information content (AvgIpc) is 2.79. The SMILES string of the molecule is NC(=O)Nc1cccc(C(=O)NCCNC2CCCCCC2)c1. The number of amides is 3. The molecule has 5 N–H and O–H groups in total. The summed E-state index contributed by atoms with van der Waals surface area (Å²) >= 11 is 0. The van der Waals surface area contributed by atoms with Crippen LogP contribution in [0.2, 0.25) is 0 Å². The van der Waals surface area contributed by atoms with Crippen LogP contribution in [0.3, 0.4) is 0 Å². The Morgan fingerprint density at radius 1 is 1.09 bits per heavy atom. The third kappa shape index (κ3) is 6.28. The standard InChI is InChI=1S/C17H26N4O2/c18-17(23)21-15-9-5-6-13(12-15)16(22)20-11-10-19-14-7-3-1-2-4-8-14/h5-6,9,12,14,19H,1-4,7-8,10-11H2,(H,20,22)(H3,18,21,23). The summed E-state index contributed by atoms with van der Waals surface area (Å²) in [5.74, 6) is -0.152. The van der Waals surface area contributed by atoms with Crippen LogP contribution in [0.1, 0.15) is 48.9 Å². The first kappa shape index (κ1) is 17.3. The molecule has 0 aromatic heterocycles. The van der Waals surface area contributed by atoms with E-state index in [1.165, 1.54) is 38.5 Å². The predicted octanol–water partition coefficient (Wildman–Crippen LogP) is 2.22. The number of carbonyl (C=O) groups is 2. The van der Waals surface area contributed by atoms with Crippen molar-refractivity contribution in [3.8, 4) is 0 Å². The van der Waals surface area contributed by atoms with Crippen molar-refractivity contribution in [2.45, 2.75) is 44.6 Å². The summed E-state index contributed by atoms with van der Waals surface area (Å²) in [5, 5.41) is 8.87. The summed E-state index contributed by atoms with van der Waals surface area (Å²) in [6.07, 6.45) is 7.73. The van der Waals surface area contributed by atoms with E-state index < -0.39 is 6.03 Å². The van der Waals surface area contributed by atoms with Gasteiger partial charge in [0.25, 0.3) is 5.91 Å². The van der Waals surface area contributed by atoms with E-state index in [-0.39, 0.29) is 5.91 Å². The van der Waals surface area contributed by atoms with Crippen molar-refractivity contribution in [1.29, 1.82) is 0 Å². The van der Waals surface area contributed by atoms with E-state index in [1.807, 2.05) is 0 Å². The molecule has 1 aliphatic carbocycles. The van der Waals surface area contributed by atoms with E-state index in [4.69, 9.17) is 5.73 Å². The van der Waals surface area contributed by atoms with E-state index >= 15 is 0 Å². The van der Waals surface area contributed by atoms with Crippen LogP contribution in [-0.2, 0) is 0 Å². The van der Waals surface area contributed by atoms with Crippen LogP contribution >= 0.6 is 0 Å². The van der Waals surface area contributed by atoms with Crippen LogP contribution in [0.4, 0.5) is 10.5 Å². The Balaban J connectivity index is 1.72. The second-order valence-corrected chi connectivity index (χ2v) is 5.97. The number of benzene rings is 1. The molecule has 0 spiro atoms. The Labute approximate surface area is 137 Å². The van der Waals surface area contributed by atoms with Crippen molar-refractivity contribution in [3.05, 3.63) is 29.8 Å². The van der Waals surface area contributed by atoms with Crippen molar-refractivity contribution in [2.75, 3.05) is 18.4 Å². The van der Waals surface area contributed by atoms with Crippen LogP contribution in [0.15, 0.2) is 24.3 Å². The average molecular weight is 318 g/mol. The van der Waals surface area contributed by atoms with Crippen LogP contribution < -0.4 is 21.7 Å². The number of nitrogens with one attached hydrogen (secondary N) is 3. The second kappa shape index (κ2) is 9.15. The molecule has 1 aromatic rings. The van der Waals surface area contributed by atoms with E-state index in [9.17, 15) is 9.59 Å². The molecule has 0 aliphatic heterocycles. The van der Waals surface area contributed by atoms with Gasteiger partial charge in [-0.3, -0.25) is 4.79 Å². The highest BCUT2D eigenvalue weighted by Crippen LogP contribution is 2.16. The van der Waals surface area contributed by atoms with Gasteiger partial charge in [0.05, 0.1) is 0 Å². The number of primary amides is 1. The van der Waals surface area contributed by atoms with Gasteiger partial charge < -0.3 is 21.7 Å². The van der Waals surface area contributed by atoms with Crippen molar-refractivity contribution in [2.24, 2.45) is 5.73 Å². The Kier molecular flexibility index (Phi) is 6.87. The Bertz CT molecular complexity index is 525. The summed E-state index contributed by atoms with van der Waals surface area (Å²) in [6.45, 7) is 1.36. The van der Waals surface area contributed by atoms with Gasteiger partial charge >= 0.3 is 6.03 Å². The lowest BCUT2D eigenvalue weighted by Crippen LogP contribution is -2.36. The molecule has 1 fully saturated rings. The minimum atomic E-state index is -0.643. The molecule has 0 saturated heterocycles. The lowest BCUT2D eigenvalue weighted by atomic mass is 10.1. The third-order valence-electron chi connectivity index (χ3n) is 4.09. The summed E-state index contributed by atoms with van der Waals surface area (Å²) in [6, 6.07) is 6.66. The minimum Gasteiger partial charge on any atom is -0.351 e. The molecule has 0 unspecified atom stereocenters. The van der Waals surface area contributed by atoms with Gasteiger partial charge in [-0.05, 0) is 31.0 Å². The van der Waals surface area contributed by atoms with E-state index in [2.05, 4.69) is 16.0 Å². The molecule has 0 heterocycles. The molecule has 2 rings (SSSR count). The van der Waals surface area contributed by atoms with Crippen molar-refractivity contribution < 1.29 is 9.59 Å². The van der Waals surface area contributed by atoms with Gasteiger partial charge in [0.2, 0.25) is 0 Å². The monoisotopic (exact) mass is 318 g/mol. The molecular weight excluding hydrogens is 292 g/mol. The maximum Gasteiger partial charge on any atom is 0.316 e. The molecule has 0 atom stereocenters. The fourth-order valence-corrected chi connectivity index (χ4v) is 2.92. The number of rotatable bonds is 6. The van der Waals surface area contributed by atoms with Crippen molar-refractivity contribution >= 4 is 17.6 Å². The molecule has 1 saturated carbocycles. The number of nitrogens with two attached hydrogens (primary N) is 1. The fourth-order valence-electron chi connectivity index (χ4n) is 2.92. The van der Waals surface area contributed by atoms with Gasteiger partial charge in [-0.2, -0.15) is 0 Å². The van der Waals surface area contributed by atoms with Gasteiger partial charge in [0.1, 0.15) is 0 Å². The van der Waals surface area contributed by atoms with E-state index in [0.717, 1.165) is 6.54 Å². The predicted molar refractivity (Wildman–Crippen MR) is 91.5 cm³/mol. The molecule has 6 nitrogen and oxygen atoms in total. The Morgan fingerprint density at radius 2 is 1.83 bits per heavy atom. The van der Waals surface area contributed by atoms with Gasteiger partial charge in [-0.1, -0.05) is 31.7 Å². The molecule has 1 aromatic carbocycles. The first-order valence-electron chi connectivity index (χ1n) is 8.33. The second-order valence-electron chi connectivity index (χ2n) is 5.97. The van der Waals surface area contributed by atoms with Gasteiger partial charge in [-0.25, -0.2) is 4.79 Å². The zero-order valence-electron chi connectivity index (χ0n) is 13.4. The molecule has 0 radical (unpaired) electrons. The molecule has 1 aliphatic rings. The largest absolute Gasteiger partial charge is 0.351 e. The summed E-state index contributed by atoms with van der Waals surface area (Å²) in [7, 11) is 0. The van der Waals surface area contributed by atoms with Gasteiger partial charge in [0.15, 0.2) is 0 Å². The highest BCUT2D eigenvalue weighted by Gasteiger charge is 2.11. The van der Waals surface area contributed by atoms with Crippen LogP contribution in [0.5, 0.6) is 0 Å². The highest BCUT2D eigenvalue weighted by molar-refractivity contribution is 5.96. The third-order valence-corrected chi connectivity index (χ3v) is 4.09. The van der Waals surface area contributed by atoms with Crippen LogP contribution in [0, 0.1) is 0 Å². The normalized spacial score (nSPS) is 15.7. The Morgan fingerprint density at radius 3 is 2.52 bits per heavy atom. The minimum absolute atomic E-state index is 0.152. The fraction of sp³-hybridized carbons (Fsp3) is 0.529. The number of anilines is 1. The molecular formula is C17H26N4O2. The number of hydrogen-bond acceptors (Lipinski definition) is 3.